The van der Waals surface area contributed by atoms with E-state index in [0.717, 1.165) is 18.7 Å². The fraction of sp³-hybridized carbons (Fsp3) is 0.714. The Morgan fingerprint density at radius 2 is 2.05 bits per heavy atom. The summed E-state index contributed by atoms with van der Waals surface area (Å²) in [7, 11) is -0.150. The van der Waals surface area contributed by atoms with Crippen molar-refractivity contribution >= 4 is 10.0 Å². The first-order valence-electron chi connectivity index (χ1n) is 7.10. The number of nitrogens with one attached hydrogen (secondary N) is 2. The van der Waals surface area contributed by atoms with Crippen LogP contribution in [0.1, 0.15) is 32.9 Å². The van der Waals surface area contributed by atoms with Gasteiger partial charge >= 0.3 is 0 Å². The van der Waals surface area contributed by atoms with Gasteiger partial charge in [-0.25, -0.2) is 13.1 Å². The van der Waals surface area contributed by atoms with Crippen LogP contribution in [-0.2, 0) is 28.4 Å². The highest BCUT2D eigenvalue weighted by Crippen LogP contribution is 2.16. The molecule has 1 heterocycles. The molecular weight excluding hydrogens is 290 g/mol. The molecule has 21 heavy (non-hydrogen) atoms. The maximum atomic E-state index is 12.4. The zero-order valence-electron chi connectivity index (χ0n) is 13.6. The predicted octanol–water partition coefficient (Wildman–Crippen LogP) is 1.23. The molecule has 0 aliphatic carbocycles. The SMILES string of the molecule is CCCNCc1cc(S(=O)(=O)NC(C)(C)COC)cn1C. The first-order valence-corrected chi connectivity index (χ1v) is 8.59. The fourth-order valence-electron chi connectivity index (χ4n) is 2.11. The molecule has 0 atom stereocenters. The number of methoxy groups -OCH3 is 1. The standard InChI is InChI=1S/C14H27N3O3S/c1-6-7-15-9-12-8-13(10-17(12)4)21(18,19)16-14(2,3)11-20-5/h8,10,15-16H,6-7,9,11H2,1-5H3. The topological polar surface area (TPSA) is 72.4 Å². The molecule has 0 saturated carbocycles. The zero-order chi connectivity index (χ0) is 16.1. The molecule has 0 radical (unpaired) electrons. The second-order valence-corrected chi connectivity index (χ2v) is 7.56. The summed E-state index contributed by atoms with van der Waals surface area (Å²) in [5.74, 6) is 0. The van der Waals surface area contributed by atoms with Gasteiger partial charge in [-0.2, -0.15) is 0 Å². The third-order valence-electron chi connectivity index (χ3n) is 3.04. The molecule has 0 unspecified atom stereocenters. The van der Waals surface area contributed by atoms with Crippen molar-refractivity contribution < 1.29 is 13.2 Å². The van der Waals surface area contributed by atoms with E-state index in [1.807, 2.05) is 11.6 Å². The number of ether oxygens (including phenoxy) is 1. The van der Waals surface area contributed by atoms with Crippen LogP contribution >= 0.6 is 0 Å². The second-order valence-electron chi connectivity index (χ2n) is 5.88. The van der Waals surface area contributed by atoms with Gasteiger partial charge in [0.15, 0.2) is 0 Å². The minimum Gasteiger partial charge on any atom is -0.383 e. The van der Waals surface area contributed by atoms with Crippen LogP contribution in [0.5, 0.6) is 0 Å². The highest BCUT2D eigenvalue weighted by molar-refractivity contribution is 7.89. The lowest BCUT2D eigenvalue weighted by Gasteiger charge is -2.24. The molecule has 0 amide bonds. The monoisotopic (exact) mass is 317 g/mol. The average molecular weight is 317 g/mol. The molecule has 7 heteroatoms. The highest BCUT2D eigenvalue weighted by Gasteiger charge is 2.27. The quantitative estimate of drug-likeness (QED) is 0.672. The maximum absolute atomic E-state index is 12.4. The third kappa shape index (κ3) is 5.43. The molecule has 2 N–H and O–H groups in total. The van der Waals surface area contributed by atoms with Crippen LogP contribution in [0, 0.1) is 0 Å². The zero-order valence-corrected chi connectivity index (χ0v) is 14.4. The largest absolute Gasteiger partial charge is 0.383 e. The van der Waals surface area contributed by atoms with Gasteiger partial charge in [-0.3, -0.25) is 0 Å². The van der Waals surface area contributed by atoms with Crippen molar-refractivity contribution in [3.05, 3.63) is 18.0 Å². The lowest BCUT2D eigenvalue weighted by Crippen LogP contribution is -2.46. The molecule has 1 aromatic heterocycles. The summed E-state index contributed by atoms with van der Waals surface area (Å²) in [6.07, 6.45) is 2.68. The molecule has 6 nitrogen and oxygen atoms in total. The van der Waals surface area contributed by atoms with Gasteiger partial charge in [0.2, 0.25) is 10.0 Å². The van der Waals surface area contributed by atoms with Crippen LogP contribution in [0.15, 0.2) is 17.2 Å². The van der Waals surface area contributed by atoms with Crippen molar-refractivity contribution in [3.8, 4) is 0 Å². The normalized spacial score (nSPS) is 12.8. The van der Waals surface area contributed by atoms with Gasteiger partial charge in [-0.1, -0.05) is 6.92 Å². The van der Waals surface area contributed by atoms with E-state index in [9.17, 15) is 8.42 Å². The second kappa shape index (κ2) is 7.40. The molecular formula is C14H27N3O3S. The first-order chi connectivity index (χ1) is 9.72. The van der Waals surface area contributed by atoms with Gasteiger partial charge in [0, 0.05) is 32.6 Å². The van der Waals surface area contributed by atoms with Gasteiger partial charge in [-0.05, 0) is 32.9 Å². The Bertz CT molecular complexity index is 550. The van der Waals surface area contributed by atoms with E-state index in [1.54, 1.807) is 33.2 Å². The summed E-state index contributed by atoms with van der Waals surface area (Å²) in [5, 5.41) is 3.27. The number of aryl methyl sites for hydroxylation is 1. The van der Waals surface area contributed by atoms with E-state index in [2.05, 4.69) is 17.0 Å². The molecule has 0 aliphatic heterocycles. The summed E-state index contributed by atoms with van der Waals surface area (Å²) < 4.78 is 34.4. The van der Waals surface area contributed by atoms with Crippen molar-refractivity contribution in [2.45, 2.75) is 44.2 Å². The Hall–Kier alpha value is -0.890. The molecule has 0 bridgehead atoms. The van der Waals surface area contributed by atoms with Gasteiger partial charge < -0.3 is 14.6 Å². The van der Waals surface area contributed by atoms with Gasteiger partial charge in [-0.15, -0.1) is 0 Å². The van der Waals surface area contributed by atoms with Crippen LogP contribution in [0.3, 0.4) is 0 Å². The van der Waals surface area contributed by atoms with Crippen LogP contribution in [-0.4, -0.2) is 38.8 Å². The Balaban J connectivity index is 2.87. The third-order valence-corrected chi connectivity index (χ3v) is 4.71. The number of rotatable bonds is 9. The van der Waals surface area contributed by atoms with E-state index in [0.29, 0.717) is 13.2 Å². The van der Waals surface area contributed by atoms with Crippen LogP contribution < -0.4 is 10.0 Å². The van der Waals surface area contributed by atoms with E-state index in [4.69, 9.17) is 4.74 Å². The number of hydrogen-bond donors (Lipinski definition) is 2. The summed E-state index contributed by atoms with van der Waals surface area (Å²) in [6, 6.07) is 1.70. The lowest BCUT2D eigenvalue weighted by molar-refractivity contribution is 0.141. The molecule has 122 valence electrons. The van der Waals surface area contributed by atoms with Gasteiger partial charge in [0.25, 0.3) is 0 Å². The van der Waals surface area contributed by atoms with E-state index in [-0.39, 0.29) is 4.90 Å². The fourth-order valence-corrected chi connectivity index (χ4v) is 3.60. The van der Waals surface area contributed by atoms with Gasteiger partial charge in [0.1, 0.15) is 0 Å². The predicted molar refractivity (Wildman–Crippen MR) is 83.7 cm³/mol. The molecule has 1 rings (SSSR count). The maximum Gasteiger partial charge on any atom is 0.242 e. The lowest BCUT2D eigenvalue weighted by atomic mass is 10.1. The minimum atomic E-state index is -3.55. The Morgan fingerprint density at radius 1 is 1.38 bits per heavy atom. The molecule has 0 aliphatic rings. The van der Waals surface area contributed by atoms with E-state index < -0.39 is 15.6 Å². The molecule has 0 spiro atoms. The van der Waals surface area contributed by atoms with Crippen molar-refractivity contribution in [1.82, 2.24) is 14.6 Å². The first kappa shape index (κ1) is 18.2. The summed E-state index contributed by atoms with van der Waals surface area (Å²) in [4.78, 5) is 0.280. The Morgan fingerprint density at radius 3 is 2.62 bits per heavy atom. The number of sulfonamides is 1. The molecule has 0 saturated heterocycles. The van der Waals surface area contributed by atoms with Crippen LogP contribution in [0.4, 0.5) is 0 Å². The summed E-state index contributed by atoms with van der Waals surface area (Å²) in [6.45, 7) is 7.55. The smallest absolute Gasteiger partial charge is 0.242 e. The highest BCUT2D eigenvalue weighted by atomic mass is 32.2. The molecule has 0 fully saturated rings. The number of nitrogens with zero attached hydrogens (tertiary/aromatic N) is 1. The Kier molecular flexibility index (Phi) is 6.40. The molecule has 1 aromatic rings. The van der Waals surface area contributed by atoms with Crippen molar-refractivity contribution in [1.29, 1.82) is 0 Å². The van der Waals surface area contributed by atoms with Gasteiger partial charge in [0.05, 0.1) is 17.0 Å². The van der Waals surface area contributed by atoms with Crippen molar-refractivity contribution in [2.24, 2.45) is 7.05 Å². The van der Waals surface area contributed by atoms with Crippen LogP contribution in [0.2, 0.25) is 0 Å². The van der Waals surface area contributed by atoms with E-state index in [1.165, 1.54) is 0 Å². The number of aromatic nitrogens is 1. The number of hydrogen-bond acceptors (Lipinski definition) is 4. The minimum absolute atomic E-state index is 0.280. The summed E-state index contributed by atoms with van der Waals surface area (Å²) >= 11 is 0. The van der Waals surface area contributed by atoms with Crippen molar-refractivity contribution in [2.75, 3.05) is 20.3 Å². The Labute approximate surface area is 127 Å². The summed E-state index contributed by atoms with van der Waals surface area (Å²) in [5.41, 5.74) is 0.290. The average Bonchev–Trinajstić information content (AvgIpc) is 2.71. The van der Waals surface area contributed by atoms with Crippen molar-refractivity contribution in [3.63, 3.8) is 0 Å². The molecule has 0 aromatic carbocycles. The van der Waals surface area contributed by atoms with Crippen LogP contribution in [0.25, 0.3) is 0 Å². The van der Waals surface area contributed by atoms with E-state index >= 15 is 0 Å².